The highest BCUT2D eigenvalue weighted by atomic mass is 32.2. The summed E-state index contributed by atoms with van der Waals surface area (Å²) >= 11 is 1.77. The van der Waals surface area contributed by atoms with E-state index in [-0.39, 0.29) is 0 Å². The number of thioether (sulfide) groups is 1. The van der Waals surface area contributed by atoms with Crippen LogP contribution in [-0.4, -0.2) is 9.55 Å². The summed E-state index contributed by atoms with van der Waals surface area (Å²) in [6, 6.07) is 8.59. The average molecular weight is 218 g/mol. The van der Waals surface area contributed by atoms with Gasteiger partial charge in [-0.1, -0.05) is 41.6 Å². The molecule has 0 amide bonds. The van der Waals surface area contributed by atoms with Gasteiger partial charge < -0.3 is 4.57 Å². The molecule has 0 atom stereocenters. The van der Waals surface area contributed by atoms with Gasteiger partial charge >= 0.3 is 0 Å². The van der Waals surface area contributed by atoms with E-state index in [0.29, 0.717) is 0 Å². The minimum absolute atomic E-state index is 0.979. The molecule has 2 rings (SSSR count). The number of aromatic nitrogens is 2. The third kappa shape index (κ3) is 2.63. The second-order valence-electron chi connectivity index (χ2n) is 3.60. The Bertz CT molecular complexity index is 448. The summed E-state index contributed by atoms with van der Waals surface area (Å²) in [6.45, 7) is 2.12. The Hall–Kier alpha value is -1.22. The quantitative estimate of drug-likeness (QED) is 0.737. The fourth-order valence-corrected chi connectivity index (χ4v) is 2.32. The fraction of sp³-hybridized carbons (Fsp3) is 0.250. The fourth-order valence-electron chi connectivity index (χ4n) is 1.44. The van der Waals surface area contributed by atoms with E-state index in [9.17, 15) is 0 Å². The molecule has 1 aromatic heterocycles. The van der Waals surface area contributed by atoms with Gasteiger partial charge in [0.25, 0.3) is 0 Å². The molecule has 0 saturated heterocycles. The molecule has 0 aliphatic heterocycles. The van der Waals surface area contributed by atoms with E-state index in [0.717, 1.165) is 10.9 Å². The Labute approximate surface area is 94.3 Å². The molecule has 1 heterocycles. The maximum atomic E-state index is 4.28. The molecule has 0 unspecified atom stereocenters. The van der Waals surface area contributed by atoms with E-state index >= 15 is 0 Å². The molecule has 0 N–H and O–H groups in total. The summed E-state index contributed by atoms with van der Waals surface area (Å²) < 4.78 is 2.04. The average Bonchev–Trinajstić information content (AvgIpc) is 2.61. The highest BCUT2D eigenvalue weighted by Gasteiger charge is 2.00. The van der Waals surface area contributed by atoms with E-state index in [1.54, 1.807) is 11.8 Å². The van der Waals surface area contributed by atoms with Gasteiger partial charge in [-0.25, -0.2) is 4.98 Å². The van der Waals surface area contributed by atoms with Crippen LogP contribution < -0.4 is 0 Å². The van der Waals surface area contributed by atoms with Gasteiger partial charge in [-0.3, -0.25) is 0 Å². The summed E-state index contributed by atoms with van der Waals surface area (Å²) in [6.07, 6.45) is 3.80. The summed E-state index contributed by atoms with van der Waals surface area (Å²) in [7, 11) is 2.02. The first-order valence-corrected chi connectivity index (χ1v) is 5.90. The van der Waals surface area contributed by atoms with Gasteiger partial charge in [0.05, 0.1) is 0 Å². The molecule has 0 radical (unpaired) electrons. The van der Waals surface area contributed by atoms with Crippen LogP contribution >= 0.6 is 11.8 Å². The van der Waals surface area contributed by atoms with Crippen molar-refractivity contribution < 1.29 is 0 Å². The smallest absolute Gasteiger partial charge is 0.167 e. The van der Waals surface area contributed by atoms with Crippen LogP contribution in [0.4, 0.5) is 0 Å². The highest BCUT2D eigenvalue weighted by molar-refractivity contribution is 7.98. The lowest BCUT2D eigenvalue weighted by Gasteiger charge is -2.02. The molecule has 15 heavy (non-hydrogen) atoms. The Kier molecular flexibility index (Phi) is 3.11. The van der Waals surface area contributed by atoms with Crippen molar-refractivity contribution >= 4 is 11.8 Å². The zero-order valence-electron chi connectivity index (χ0n) is 8.97. The SMILES string of the molecule is Cc1cccc(CSc2nccn2C)c1. The summed E-state index contributed by atoms with van der Waals surface area (Å²) in [4.78, 5) is 4.28. The third-order valence-corrected chi connectivity index (χ3v) is 3.36. The van der Waals surface area contributed by atoms with Crippen LogP contribution in [0.2, 0.25) is 0 Å². The lowest BCUT2D eigenvalue weighted by molar-refractivity contribution is 0.790. The maximum absolute atomic E-state index is 4.28. The number of hydrogen-bond donors (Lipinski definition) is 0. The molecule has 1 aromatic carbocycles. The van der Waals surface area contributed by atoms with Crippen LogP contribution in [0, 0.1) is 6.92 Å². The van der Waals surface area contributed by atoms with Crippen LogP contribution in [0.25, 0.3) is 0 Å². The summed E-state index contributed by atoms with van der Waals surface area (Å²) in [5, 5.41) is 1.07. The van der Waals surface area contributed by atoms with Gasteiger partial charge in [0.2, 0.25) is 0 Å². The molecule has 3 heteroatoms. The Balaban J connectivity index is 2.02. The number of nitrogens with zero attached hydrogens (tertiary/aromatic N) is 2. The zero-order valence-corrected chi connectivity index (χ0v) is 9.79. The number of rotatable bonds is 3. The normalized spacial score (nSPS) is 10.5. The largest absolute Gasteiger partial charge is 0.329 e. The predicted molar refractivity (Wildman–Crippen MR) is 63.9 cm³/mol. The van der Waals surface area contributed by atoms with Gasteiger partial charge in [-0.15, -0.1) is 0 Å². The van der Waals surface area contributed by atoms with Crippen LogP contribution in [-0.2, 0) is 12.8 Å². The van der Waals surface area contributed by atoms with Crippen LogP contribution in [0.3, 0.4) is 0 Å². The van der Waals surface area contributed by atoms with Crippen molar-refractivity contribution in [2.24, 2.45) is 7.05 Å². The van der Waals surface area contributed by atoms with Gasteiger partial charge in [-0.2, -0.15) is 0 Å². The van der Waals surface area contributed by atoms with Crippen molar-refractivity contribution in [1.29, 1.82) is 0 Å². The van der Waals surface area contributed by atoms with Gasteiger partial charge in [0.15, 0.2) is 5.16 Å². The van der Waals surface area contributed by atoms with E-state index in [1.807, 2.05) is 24.0 Å². The van der Waals surface area contributed by atoms with E-state index in [4.69, 9.17) is 0 Å². The second kappa shape index (κ2) is 4.53. The number of imidazole rings is 1. The predicted octanol–water partition coefficient (Wildman–Crippen LogP) is 3.02. The van der Waals surface area contributed by atoms with Gasteiger partial charge in [0, 0.05) is 25.2 Å². The molecular weight excluding hydrogens is 204 g/mol. The van der Waals surface area contributed by atoms with E-state index in [1.165, 1.54) is 11.1 Å². The van der Waals surface area contributed by atoms with Gasteiger partial charge in [-0.05, 0) is 12.5 Å². The molecule has 0 saturated carbocycles. The van der Waals surface area contributed by atoms with Crippen molar-refractivity contribution in [2.45, 2.75) is 17.8 Å². The standard InChI is InChI=1S/C12H14N2S/c1-10-4-3-5-11(8-10)9-15-12-13-6-7-14(12)2/h3-8H,9H2,1-2H3. The van der Waals surface area contributed by atoms with Crippen LogP contribution in [0.1, 0.15) is 11.1 Å². The van der Waals surface area contributed by atoms with Crippen molar-refractivity contribution in [3.8, 4) is 0 Å². The van der Waals surface area contributed by atoms with Gasteiger partial charge in [0.1, 0.15) is 0 Å². The minimum Gasteiger partial charge on any atom is -0.329 e. The monoisotopic (exact) mass is 218 g/mol. The van der Waals surface area contributed by atoms with Crippen molar-refractivity contribution in [3.05, 3.63) is 47.8 Å². The van der Waals surface area contributed by atoms with Crippen LogP contribution in [0.15, 0.2) is 41.8 Å². The van der Waals surface area contributed by atoms with E-state index < -0.39 is 0 Å². The zero-order chi connectivity index (χ0) is 10.7. The third-order valence-electron chi connectivity index (χ3n) is 2.23. The number of benzene rings is 1. The second-order valence-corrected chi connectivity index (χ2v) is 4.54. The first kappa shape index (κ1) is 10.3. The first-order valence-electron chi connectivity index (χ1n) is 4.91. The number of hydrogen-bond acceptors (Lipinski definition) is 2. The lowest BCUT2D eigenvalue weighted by atomic mass is 10.2. The highest BCUT2D eigenvalue weighted by Crippen LogP contribution is 2.20. The molecule has 0 fully saturated rings. The molecule has 2 aromatic rings. The Morgan fingerprint density at radius 2 is 2.27 bits per heavy atom. The first-order chi connectivity index (χ1) is 7.25. The molecular formula is C12H14N2S. The minimum atomic E-state index is 0.979. The molecule has 0 spiro atoms. The topological polar surface area (TPSA) is 17.8 Å². The molecule has 78 valence electrons. The van der Waals surface area contributed by atoms with Crippen LogP contribution in [0.5, 0.6) is 0 Å². The molecule has 2 nitrogen and oxygen atoms in total. The van der Waals surface area contributed by atoms with E-state index in [2.05, 4.69) is 36.2 Å². The van der Waals surface area contributed by atoms with Crippen molar-refractivity contribution in [1.82, 2.24) is 9.55 Å². The van der Waals surface area contributed by atoms with Crippen molar-refractivity contribution in [2.75, 3.05) is 0 Å². The maximum Gasteiger partial charge on any atom is 0.167 e. The molecule has 0 aliphatic carbocycles. The van der Waals surface area contributed by atoms with Crippen molar-refractivity contribution in [3.63, 3.8) is 0 Å². The summed E-state index contributed by atoms with van der Waals surface area (Å²) in [5.41, 5.74) is 2.66. The Morgan fingerprint density at radius 3 is 2.93 bits per heavy atom. The molecule has 0 bridgehead atoms. The number of aryl methyl sites for hydroxylation is 2. The Morgan fingerprint density at radius 1 is 1.40 bits per heavy atom. The molecule has 0 aliphatic rings. The lowest BCUT2D eigenvalue weighted by Crippen LogP contribution is -1.89. The summed E-state index contributed by atoms with van der Waals surface area (Å²) in [5.74, 6) is 0.979.